The Morgan fingerprint density at radius 2 is 1.42 bits per heavy atom. The normalized spacial score (nSPS) is 16.4. The number of carboxylic acid groups (broad SMARTS) is 2. The van der Waals surface area contributed by atoms with Gasteiger partial charge < -0.3 is 37.0 Å². The second-order valence-electron chi connectivity index (χ2n) is 7.81. The van der Waals surface area contributed by atoms with Crippen LogP contribution in [-0.4, -0.2) is 87.3 Å². The van der Waals surface area contributed by atoms with E-state index >= 15 is 0 Å². The summed E-state index contributed by atoms with van der Waals surface area (Å²) >= 11 is 1.41. The minimum atomic E-state index is -1.33. The van der Waals surface area contributed by atoms with Gasteiger partial charge in [0.2, 0.25) is 17.7 Å². The van der Waals surface area contributed by atoms with Crippen LogP contribution in [0.25, 0.3) is 0 Å². The molecule has 0 aliphatic rings. The highest BCUT2D eigenvalue weighted by Gasteiger charge is 2.32. The van der Waals surface area contributed by atoms with Gasteiger partial charge in [0.05, 0.1) is 6.10 Å². The number of amides is 3. The van der Waals surface area contributed by atoms with Crippen molar-refractivity contribution in [3.8, 4) is 0 Å². The molecule has 6 unspecified atom stereocenters. The van der Waals surface area contributed by atoms with Crippen LogP contribution in [-0.2, 0) is 24.0 Å². The Kier molecular flexibility index (Phi) is 14.3. The van der Waals surface area contributed by atoms with E-state index in [0.29, 0.717) is 12.2 Å². The van der Waals surface area contributed by atoms with Crippen molar-refractivity contribution in [1.29, 1.82) is 0 Å². The molecule has 0 radical (unpaired) electrons. The minimum absolute atomic E-state index is 0.184. The lowest BCUT2D eigenvalue weighted by atomic mass is 9.98. The molecular formula is C20H36N4O8S. The topological polar surface area (TPSA) is 208 Å². The van der Waals surface area contributed by atoms with Crippen LogP contribution in [0.3, 0.4) is 0 Å². The number of carbonyl (C=O) groups is 5. The van der Waals surface area contributed by atoms with Crippen LogP contribution < -0.4 is 21.7 Å². The van der Waals surface area contributed by atoms with Crippen LogP contribution in [0.5, 0.6) is 0 Å². The molecule has 0 aliphatic heterocycles. The molecule has 3 amide bonds. The second kappa shape index (κ2) is 15.5. The summed E-state index contributed by atoms with van der Waals surface area (Å²) in [6.07, 6.45) is 0.558. The van der Waals surface area contributed by atoms with Gasteiger partial charge in [0.1, 0.15) is 24.2 Å². The Morgan fingerprint density at radius 3 is 1.88 bits per heavy atom. The number of aliphatic hydroxyl groups excluding tert-OH is 1. The fraction of sp³-hybridized carbons (Fsp3) is 0.750. The zero-order valence-corrected chi connectivity index (χ0v) is 20.2. The summed E-state index contributed by atoms with van der Waals surface area (Å²) in [4.78, 5) is 60.4. The van der Waals surface area contributed by atoms with E-state index in [2.05, 4.69) is 16.0 Å². The number of carbonyl (C=O) groups excluding carboxylic acids is 3. The van der Waals surface area contributed by atoms with Gasteiger partial charge in [-0.05, 0) is 37.7 Å². The third kappa shape index (κ3) is 11.3. The number of rotatable bonds is 16. The molecule has 33 heavy (non-hydrogen) atoms. The summed E-state index contributed by atoms with van der Waals surface area (Å²) in [5, 5.41) is 35.1. The van der Waals surface area contributed by atoms with Gasteiger partial charge in [-0.2, -0.15) is 11.8 Å². The molecule has 0 bridgehead atoms. The monoisotopic (exact) mass is 492 g/mol. The van der Waals surface area contributed by atoms with E-state index < -0.39 is 72.3 Å². The summed E-state index contributed by atoms with van der Waals surface area (Å²) in [6, 6.07) is -4.92. The number of aliphatic hydroxyl groups is 1. The lowest BCUT2D eigenvalue weighted by molar-refractivity contribution is -0.144. The minimum Gasteiger partial charge on any atom is -0.481 e. The van der Waals surface area contributed by atoms with Gasteiger partial charge in [-0.3, -0.25) is 19.2 Å². The average molecular weight is 493 g/mol. The quantitative estimate of drug-likeness (QED) is 0.138. The van der Waals surface area contributed by atoms with Crippen LogP contribution in [0.4, 0.5) is 0 Å². The fourth-order valence-corrected chi connectivity index (χ4v) is 3.21. The zero-order chi connectivity index (χ0) is 25.7. The smallest absolute Gasteiger partial charge is 0.326 e. The van der Waals surface area contributed by atoms with Gasteiger partial charge >= 0.3 is 11.9 Å². The van der Waals surface area contributed by atoms with Crippen LogP contribution in [0, 0.1) is 5.92 Å². The van der Waals surface area contributed by atoms with E-state index in [0.717, 1.165) is 0 Å². The van der Waals surface area contributed by atoms with Crippen LogP contribution in [0.2, 0.25) is 0 Å². The fourth-order valence-electron chi connectivity index (χ4n) is 2.74. The van der Waals surface area contributed by atoms with Gasteiger partial charge in [-0.25, -0.2) is 4.79 Å². The van der Waals surface area contributed by atoms with Crippen molar-refractivity contribution in [2.24, 2.45) is 11.7 Å². The molecule has 0 heterocycles. The largest absolute Gasteiger partial charge is 0.481 e. The van der Waals surface area contributed by atoms with Crippen molar-refractivity contribution in [2.75, 3.05) is 12.0 Å². The van der Waals surface area contributed by atoms with E-state index in [4.69, 9.17) is 10.8 Å². The van der Waals surface area contributed by atoms with Crippen molar-refractivity contribution in [1.82, 2.24) is 16.0 Å². The Labute approximate surface area is 197 Å². The molecule has 8 N–H and O–H groups in total. The Balaban J connectivity index is 5.58. The summed E-state index contributed by atoms with van der Waals surface area (Å²) in [5.74, 6) is -4.74. The van der Waals surface area contributed by atoms with Crippen molar-refractivity contribution < 1.29 is 39.3 Å². The van der Waals surface area contributed by atoms with Crippen molar-refractivity contribution in [3.63, 3.8) is 0 Å². The summed E-state index contributed by atoms with van der Waals surface area (Å²) in [5.41, 5.74) is 5.61. The Bertz CT molecular complexity index is 691. The van der Waals surface area contributed by atoms with Gasteiger partial charge in [0.25, 0.3) is 0 Å². The zero-order valence-electron chi connectivity index (χ0n) is 19.4. The molecule has 13 heteroatoms. The molecule has 0 saturated heterocycles. The van der Waals surface area contributed by atoms with E-state index in [1.54, 1.807) is 20.1 Å². The first-order valence-corrected chi connectivity index (χ1v) is 12.0. The summed E-state index contributed by atoms with van der Waals surface area (Å²) in [6.45, 7) is 4.72. The highest BCUT2D eigenvalue weighted by Crippen LogP contribution is 2.10. The third-order valence-corrected chi connectivity index (χ3v) is 5.77. The number of nitrogens with two attached hydrogens (primary N) is 1. The first-order chi connectivity index (χ1) is 15.3. The number of hydrogen-bond donors (Lipinski definition) is 7. The van der Waals surface area contributed by atoms with Crippen LogP contribution in [0.15, 0.2) is 0 Å². The Morgan fingerprint density at radius 1 is 0.909 bits per heavy atom. The summed E-state index contributed by atoms with van der Waals surface area (Å²) < 4.78 is 0. The molecule has 12 nitrogen and oxygen atoms in total. The van der Waals surface area contributed by atoms with E-state index in [9.17, 15) is 34.2 Å². The number of hydrogen-bond acceptors (Lipinski definition) is 8. The second-order valence-corrected chi connectivity index (χ2v) is 8.80. The number of nitrogens with one attached hydrogen (secondary N) is 3. The maximum atomic E-state index is 12.9. The highest BCUT2D eigenvalue weighted by molar-refractivity contribution is 7.98. The first kappa shape index (κ1) is 30.6. The number of aliphatic carboxylic acids is 2. The van der Waals surface area contributed by atoms with E-state index in [-0.39, 0.29) is 12.8 Å². The standard InChI is InChI=1S/C20H36N4O8S/c1-5-10(2)16(20(31)32)24-18(29)12(6-7-14(26)27)22-17(28)13(8-9-33-4)23-19(30)15(21)11(3)25/h10-13,15-16,25H,5-9,21H2,1-4H3,(H,22,28)(H,23,30)(H,24,29)(H,26,27)(H,31,32). The van der Waals surface area contributed by atoms with Gasteiger partial charge in [0, 0.05) is 6.42 Å². The molecule has 0 aliphatic carbocycles. The molecule has 0 saturated carbocycles. The molecule has 0 fully saturated rings. The predicted molar refractivity (Wildman–Crippen MR) is 122 cm³/mol. The third-order valence-electron chi connectivity index (χ3n) is 5.12. The van der Waals surface area contributed by atoms with Crippen LogP contribution >= 0.6 is 11.8 Å². The lowest BCUT2D eigenvalue weighted by Gasteiger charge is -2.26. The first-order valence-electron chi connectivity index (χ1n) is 10.6. The summed E-state index contributed by atoms with van der Waals surface area (Å²) in [7, 11) is 0. The highest BCUT2D eigenvalue weighted by atomic mass is 32.2. The molecule has 0 rings (SSSR count). The lowest BCUT2D eigenvalue weighted by Crippen LogP contribution is -2.58. The maximum Gasteiger partial charge on any atom is 0.326 e. The predicted octanol–water partition coefficient (Wildman–Crippen LogP) is -1.10. The average Bonchev–Trinajstić information content (AvgIpc) is 2.75. The van der Waals surface area contributed by atoms with E-state index in [1.807, 2.05) is 0 Å². The van der Waals surface area contributed by atoms with Gasteiger partial charge in [-0.15, -0.1) is 0 Å². The van der Waals surface area contributed by atoms with Crippen molar-refractivity contribution in [2.45, 2.75) is 76.7 Å². The maximum absolute atomic E-state index is 12.9. The molecule has 190 valence electrons. The van der Waals surface area contributed by atoms with Crippen LogP contribution in [0.1, 0.15) is 46.5 Å². The van der Waals surface area contributed by atoms with Crippen molar-refractivity contribution >= 4 is 41.4 Å². The molecule has 0 aromatic rings. The molecule has 0 spiro atoms. The molecule has 6 atom stereocenters. The van der Waals surface area contributed by atoms with Crippen molar-refractivity contribution in [3.05, 3.63) is 0 Å². The Hall–Kier alpha value is -2.38. The van der Waals surface area contributed by atoms with Gasteiger partial charge in [-0.1, -0.05) is 20.3 Å². The number of thioether (sulfide) groups is 1. The van der Waals surface area contributed by atoms with Gasteiger partial charge in [0.15, 0.2) is 0 Å². The van der Waals surface area contributed by atoms with E-state index in [1.165, 1.54) is 18.7 Å². The molecule has 0 aromatic carbocycles. The SMILES string of the molecule is CCC(C)C(NC(=O)C(CCC(=O)O)NC(=O)C(CCSC)NC(=O)C(N)C(C)O)C(=O)O. The molecular weight excluding hydrogens is 456 g/mol. The number of carboxylic acids is 2. The molecule has 0 aromatic heterocycles.